The van der Waals surface area contributed by atoms with Crippen LogP contribution >= 0.6 is 0 Å². The van der Waals surface area contributed by atoms with Gasteiger partial charge in [0.05, 0.1) is 17.1 Å². The maximum atomic E-state index is 4.56. The fourth-order valence-electron chi connectivity index (χ4n) is 2.27. The summed E-state index contributed by atoms with van der Waals surface area (Å²) in [6, 6.07) is 0. The van der Waals surface area contributed by atoms with E-state index in [1.54, 1.807) is 0 Å². The van der Waals surface area contributed by atoms with Crippen LogP contribution in [0.25, 0.3) is 0 Å². The zero-order chi connectivity index (χ0) is 10.8. The molecule has 0 aliphatic carbocycles. The van der Waals surface area contributed by atoms with Gasteiger partial charge in [0.1, 0.15) is 0 Å². The summed E-state index contributed by atoms with van der Waals surface area (Å²) in [5, 5.41) is 7.81. The van der Waals surface area contributed by atoms with Crippen LogP contribution < -0.4 is 5.32 Å². The Morgan fingerprint density at radius 1 is 1.33 bits per heavy atom. The minimum absolute atomic E-state index is 0.984. The molecule has 2 rings (SSSR count). The Balaban J connectivity index is 2.15. The van der Waals surface area contributed by atoms with Crippen molar-refractivity contribution in [3.05, 3.63) is 11.4 Å². The van der Waals surface area contributed by atoms with E-state index in [-0.39, 0.29) is 0 Å². The summed E-state index contributed by atoms with van der Waals surface area (Å²) >= 11 is 0. The van der Waals surface area contributed by atoms with Gasteiger partial charge in [0, 0.05) is 20.6 Å². The van der Waals surface area contributed by atoms with Crippen molar-refractivity contribution in [1.82, 2.24) is 14.7 Å². The van der Waals surface area contributed by atoms with E-state index >= 15 is 0 Å². The standard InChI is InChI=1S/C11H20N4/c1-9-11(12-2)10(13-14(9)3)8-15-6-4-5-7-15/h12H,4-8H2,1-3H3. The molecule has 0 amide bonds. The summed E-state index contributed by atoms with van der Waals surface area (Å²) in [4.78, 5) is 2.47. The van der Waals surface area contributed by atoms with Gasteiger partial charge in [0.25, 0.3) is 0 Å². The summed E-state index contributed by atoms with van der Waals surface area (Å²) in [5.74, 6) is 0. The highest BCUT2D eigenvalue weighted by Crippen LogP contribution is 2.21. The number of anilines is 1. The fourth-order valence-corrected chi connectivity index (χ4v) is 2.27. The predicted molar refractivity (Wildman–Crippen MR) is 62.0 cm³/mol. The van der Waals surface area contributed by atoms with Gasteiger partial charge in [-0.3, -0.25) is 9.58 Å². The van der Waals surface area contributed by atoms with Crippen LogP contribution in [0.15, 0.2) is 0 Å². The number of rotatable bonds is 3. The van der Waals surface area contributed by atoms with Crippen LogP contribution in [-0.4, -0.2) is 34.8 Å². The number of hydrogen-bond acceptors (Lipinski definition) is 3. The molecule has 0 aromatic carbocycles. The third kappa shape index (κ3) is 2.00. The van der Waals surface area contributed by atoms with Crippen molar-refractivity contribution in [3.8, 4) is 0 Å². The zero-order valence-corrected chi connectivity index (χ0v) is 9.88. The second kappa shape index (κ2) is 4.23. The molecule has 4 heteroatoms. The largest absolute Gasteiger partial charge is 0.385 e. The van der Waals surface area contributed by atoms with Gasteiger partial charge in [-0.25, -0.2) is 0 Å². The summed E-state index contributed by atoms with van der Waals surface area (Å²) in [5.41, 5.74) is 3.59. The third-order valence-corrected chi connectivity index (χ3v) is 3.23. The number of aromatic nitrogens is 2. The van der Waals surface area contributed by atoms with E-state index in [1.807, 2.05) is 18.8 Å². The quantitative estimate of drug-likeness (QED) is 0.814. The van der Waals surface area contributed by atoms with E-state index in [9.17, 15) is 0 Å². The number of aryl methyl sites for hydroxylation is 1. The van der Waals surface area contributed by atoms with E-state index in [4.69, 9.17) is 0 Å². The Kier molecular flexibility index (Phi) is 2.95. The predicted octanol–water partition coefficient (Wildman–Crippen LogP) is 1.37. The van der Waals surface area contributed by atoms with Gasteiger partial charge in [-0.1, -0.05) is 0 Å². The number of likely N-dealkylation sites (tertiary alicyclic amines) is 1. The Labute approximate surface area is 91.3 Å². The highest BCUT2D eigenvalue weighted by Gasteiger charge is 2.17. The second-order valence-corrected chi connectivity index (χ2v) is 4.26. The van der Waals surface area contributed by atoms with E-state index < -0.39 is 0 Å². The van der Waals surface area contributed by atoms with Gasteiger partial charge in [-0.15, -0.1) is 0 Å². The third-order valence-electron chi connectivity index (χ3n) is 3.23. The molecule has 1 aromatic heterocycles. The molecule has 0 atom stereocenters. The average molecular weight is 208 g/mol. The van der Waals surface area contributed by atoms with Crippen LogP contribution in [-0.2, 0) is 13.6 Å². The number of nitrogens with zero attached hydrogens (tertiary/aromatic N) is 3. The van der Waals surface area contributed by atoms with Crippen LogP contribution in [0.2, 0.25) is 0 Å². The number of nitrogens with one attached hydrogen (secondary N) is 1. The Morgan fingerprint density at radius 2 is 2.00 bits per heavy atom. The molecule has 2 heterocycles. The molecule has 0 spiro atoms. The van der Waals surface area contributed by atoms with Gasteiger partial charge >= 0.3 is 0 Å². The topological polar surface area (TPSA) is 33.1 Å². The maximum Gasteiger partial charge on any atom is 0.0998 e. The summed E-state index contributed by atoms with van der Waals surface area (Å²) in [6.45, 7) is 5.53. The molecule has 0 radical (unpaired) electrons. The lowest BCUT2D eigenvalue weighted by Gasteiger charge is -2.13. The molecule has 0 saturated carbocycles. The zero-order valence-electron chi connectivity index (χ0n) is 9.88. The minimum Gasteiger partial charge on any atom is -0.385 e. The molecular formula is C11H20N4. The SMILES string of the molecule is CNc1c(CN2CCCC2)nn(C)c1C. The maximum absolute atomic E-state index is 4.56. The lowest BCUT2D eigenvalue weighted by atomic mass is 10.3. The molecule has 1 aromatic rings. The molecular weight excluding hydrogens is 188 g/mol. The molecule has 84 valence electrons. The fraction of sp³-hybridized carbons (Fsp3) is 0.727. The minimum atomic E-state index is 0.984. The van der Waals surface area contributed by atoms with E-state index in [2.05, 4.69) is 22.2 Å². The first-order chi connectivity index (χ1) is 7.22. The van der Waals surface area contributed by atoms with E-state index in [0.29, 0.717) is 0 Å². The van der Waals surface area contributed by atoms with Gasteiger partial charge < -0.3 is 5.32 Å². The first kappa shape index (κ1) is 10.5. The van der Waals surface area contributed by atoms with Gasteiger partial charge in [0.15, 0.2) is 0 Å². The van der Waals surface area contributed by atoms with Crippen molar-refractivity contribution in [1.29, 1.82) is 0 Å². The summed E-state index contributed by atoms with van der Waals surface area (Å²) in [6.07, 6.45) is 2.67. The van der Waals surface area contributed by atoms with Crippen LogP contribution in [0.5, 0.6) is 0 Å². The normalized spacial score (nSPS) is 17.3. The molecule has 15 heavy (non-hydrogen) atoms. The highest BCUT2D eigenvalue weighted by molar-refractivity contribution is 5.51. The lowest BCUT2D eigenvalue weighted by molar-refractivity contribution is 0.326. The molecule has 0 unspecified atom stereocenters. The number of hydrogen-bond donors (Lipinski definition) is 1. The van der Waals surface area contributed by atoms with E-state index in [0.717, 1.165) is 6.54 Å². The van der Waals surface area contributed by atoms with Crippen molar-refractivity contribution >= 4 is 5.69 Å². The van der Waals surface area contributed by atoms with Crippen LogP contribution in [0.3, 0.4) is 0 Å². The average Bonchev–Trinajstić information content (AvgIpc) is 2.78. The van der Waals surface area contributed by atoms with Crippen molar-refractivity contribution in [2.45, 2.75) is 26.3 Å². The van der Waals surface area contributed by atoms with E-state index in [1.165, 1.54) is 43.0 Å². The van der Waals surface area contributed by atoms with Crippen molar-refractivity contribution in [2.24, 2.45) is 7.05 Å². The molecule has 1 N–H and O–H groups in total. The smallest absolute Gasteiger partial charge is 0.0998 e. The molecule has 1 aliphatic rings. The first-order valence-electron chi connectivity index (χ1n) is 5.65. The monoisotopic (exact) mass is 208 g/mol. The van der Waals surface area contributed by atoms with Crippen LogP contribution in [0, 0.1) is 6.92 Å². The Hall–Kier alpha value is -1.03. The second-order valence-electron chi connectivity index (χ2n) is 4.26. The molecule has 1 saturated heterocycles. The lowest BCUT2D eigenvalue weighted by Crippen LogP contribution is -2.19. The van der Waals surface area contributed by atoms with Crippen LogP contribution in [0.1, 0.15) is 24.2 Å². The highest BCUT2D eigenvalue weighted by atomic mass is 15.3. The van der Waals surface area contributed by atoms with Gasteiger partial charge in [-0.2, -0.15) is 5.10 Å². The molecule has 1 aliphatic heterocycles. The summed E-state index contributed by atoms with van der Waals surface area (Å²) in [7, 11) is 3.97. The van der Waals surface area contributed by atoms with Crippen molar-refractivity contribution in [2.75, 3.05) is 25.5 Å². The Bertz CT molecular complexity index is 337. The van der Waals surface area contributed by atoms with Gasteiger partial charge in [0.2, 0.25) is 0 Å². The van der Waals surface area contributed by atoms with Crippen LogP contribution in [0.4, 0.5) is 5.69 Å². The van der Waals surface area contributed by atoms with Gasteiger partial charge in [-0.05, 0) is 32.9 Å². The molecule has 4 nitrogen and oxygen atoms in total. The van der Waals surface area contributed by atoms with Crippen molar-refractivity contribution in [3.63, 3.8) is 0 Å². The first-order valence-corrected chi connectivity index (χ1v) is 5.65. The Morgan fingerprint density at radius 3 is 2.60 bits per heavy atom. The van der Waals surface area contributed by atoms with Crippen molar-refractivity contribution < 1.29 is 0 Å². The molecule has 1 fully saturated rings. The molecule has 0 bridgehead atoms. The summed E-state index contributed by atoms with van der Waals surface area (Å²) < 4.78 is 1.96.